The van der Waals surface area contributed by atoms with Gasteiger partial charge in [-0.3, -0.25) is 4.79 Å². The number of ether oxygens (including phenoxy) is 1. The molecular weight excluding hydrogens is 242 g/mol. The quantitative estimate of drug-likeness (QED) is 0.838. The van der Waals surface area contributed by atoms with Crippen molar-refractivity contribution in [3.63, 3.8) is 0 Å². The predicted octanol–water partition coefficient (Wildman–Crippen LogP) is 1.64. The molecule has 3 rings (SSSR count). The Morgan fingerprint density at radius 3 is 2.94 bits per heavy atom. The van der Waals surface area contributed by atoms with E-state index in [0.717, 1.165) is 0 Å². The number of furan rings is 2. The molecule has 0 aromatic carbocycles. The van der Waals surface area contributed by atoms with Crippen molar-refractivity contribution in [1.29, 1.82) is 0 Å². The van der Waals surface area contributed by atoms with Crippen molar-refractivity contribution in [2.24, 2.45) is 0 Å². The van der Waals surface area contributed by atoms with E-state index in [1.54, 1.807) is 12.1 Å². The van der Waals surface area contributed by atoms with Gasteiger partial charge in [0.15, 0.2) is 5.76 Å². The highest BCUT2D eigenvalue weighted by Gasteiger charge is 2.34. The number of carbonyl (C=O) groups is 2. The Balaban J connectivity index is 1.96. The summed E-state index contributed by atoms with van der Waals surface area (Å²) in [6, 6.07) is 4.39. The molecular formula is C11H7NO6. The zero-order chi connectivity index (χ0) is 12.7. The monoisotopic (exact) mass is 249 g/mol. The summed E-state index contributed by atoms with van der Waals surface area (Å²) in [6.07, 6.45) is 0.423. The lowest BCUT2D eigenvalue weighted by Crippen LogP contribution is -2.29. The minimum absolute atomic E-state index is 0.0478. The van der Waals surface area contributed by atoms with Crippen LogP contribution in [-0.2, 0) is 4.79 Å². The van der Waals surface area contributed by atoms with Gasteiger partial charge >= 0.3 is 11.9 Å². The standard InChI is InChI=1S/C11H7NO6/c13-9-8(6-2-1-3-16-6)18-11-5(12-9)4-7(17-11)10(14)15/h1-4,8H,(H,12,13)(H,14,15). The van der Waals surface area contributed by atoms with E-state index in [1.165, 1.54) is 12.3 Å². The van der Waals surface area contributed by atoms with Gasteiger partial charge in [0.25, 0.3) is 5.91 Å². The molecule has 1 amide bonds. The zero-order valence-corrected chi connectivity index (χ0v) is 8.88. The van der Waals surface area contributed by atoms with E-state index < -0.39 is 18.0 Å². The van der Waals surface area contributed by atoms with Gasteiger partial charge < -0.3 is 24.0 Å². The van der Waals surface area contributed by atoms with Crippen molar-refractivity contribution >= 4 is 17.6 Å². The molecule has 7 nitrogen and oxygen atoms in total. The average Bonchev–Trinajstić information content (AvgIpc) is 2.95. The molecule has 2 aromatic heterocycles. The van der Waals surface area contributed by atoms with Crippen LogP contribution in [0.2, 0.25) is 0 Å². The molecule has 0 saturated carbocycles. The van der Waals surface area contributed by atoms with Crippen molar-refractivity contribution < 1.29 is 28.3 Å². The summed E-state index contributed by atoms with van der Waals surface area (Å²) in [5.41, 5.74) is 0.195. The SMILES string of the molecule is O=C(O)c1cc2c(o1)OC(c1ccco1)C(=O)N2. The maximum Gasteiger partial charge on any atom is 0.372 e. The molecule has 2 N–H and O–H groups in total. The van der Waals surface area contributed by atoms with Crippen LogP contribution in [0.4, 0.5) is 5.69 Å². The first-order valence-electron chi connectivity index (χ1n) is 5.03. The lowest BCUT2D eigenvalue weighted by molar-refractivity contribution is -0.125. The predicted molar refractivity (Wildman–Crippen MR) is 56.4 cm³/mol. The van der Waals surface area contributed by atoms with Crippen molar-refractivity contribution in [3.8, 4) is 5.95 Å². The first-order valence-corrected chi connectivity index (χ1v) is 5.03. The van der Waals surface area contributed by atoms with Gasteiger partial charge in [-0.25, -0.2) is 4.79 Å². The first kappa shape index (κ1) is 10.5. The molecule has 1 aliphatic heterocycles. The Bertz CT molecular complexity index is 612. The van der Waals surface area contributed by atoms with Crippen molar-refractivity contribution in [2.45, 2.75) is 6.10 Å². The maximum absolute atomic E-state index is 11.7. The molecule has 1 atom stereocenters. The van der Waals surface area contributed by atoms with Crippen LogP contribution < -0.4 is 10.1 Å². The van der Waals surface area contributed by atoms with Crippen LogP contribution >= 0.6 is 0 Å². The zero-order valence-electron chi connectivity index (χ0n) is 8.88. The highest BCUT2D eigenvalue weighted by molar-refractivity contribution is 5.99. The van der Waals surface area contributed by atoms with Gasteiger partial charge in [0.05, 0.1) is 6.26 Å². The second-order valence-corrected chi connectivity index (χ2v) is 3.62. The second kappa shape index (κ2) is 3.66. The van der Waals surface area contributed by atoms with E-state index in [2.05, 4.69) is 5.32 Å². The summed E-state index contributed by atoms with van der Waals surface area (Å²) in [6.45, 7) is 0. The fraction of sp³-hybridized carbons (Fsp3) is 0.0909. The summed E-state index contributed by atoms with van der Waals surface area (Å²) in [5, 5.41) is 11.3. The molecule has 1 aliphatic rings. The highest BCUT2D eigenvalue weighted by Crippen LogP contribution is 2.37. The van der Waals surface area contributed by atoms with E-state index in [0.29, 0.717) is 5.76 Å². The molecule has 0 spiro atoms. The largest absolute Gasteiger partial charge is 0.475 e. The third kappa shape index (κ3) is 1.53. The van der Waals surface area contributed by atoms with E-state index in [-0.39, 0.29) is 17.4 Å². The van der Waals surface area contributed by atoms with Gasteiger partial charge in [0.1, 0.15) is 5.69 Å². The number of nitrogens with one attached hydrogen (secondary N) is 1. The third-order valence-electron chi connectivity index (χ3n) is 2.43. The molecule has 0 aliphatic carbocycles. The van der Waals surface area contributed by atoms with E-state index in [4.69, 9.17) is 18.7 Å². The molecule has 1 unspecified atom stereocenters. The minimum atomic E-state index is -1.24. The van der Waals surface area contributed by atoms with Crippen molar-refractivity contribution in [1.82, 2.24) is 0 Å². The summed E-state index contributed by atoms with van der Waals surface area (Å²) in [7, 11) is 0. The number of amides is 1. The van der Waals surface area contributed by atoms with Crippen molar-refractivity contribution in [3.05, 3.63) is 36.0 Å². The lowest BCUT2D eigenvalue weighted by Gasteiger charge is -2.20. The molecule has 0 bridgehead atoms. The summed E-state index contributed by atoms with van der Waals surface area (Å²) < 4.78 is 15.3. The van der Waals surface area contributed by atoms with Crippen LogP contribution in [-0.4, -0.2) is 17.0 Å². The summed E-state index contributed by atoms with van der Waals surface area (Å²) in [5.74, 6) is -1.73. The molecule has 2 aromatic rings. The number of aromatic carboxylic acids is 1. The van der Waals surface area contributed by atoms with Gasteiger partial charge in [-0.1, -0.05) is 0 Å². The van der Waals surface area contributed by atoms with E-state index in [1.807, 2.05) is 0 Å². The first-order chi connectivity index (χ1) is 8.65. The molecule has 0 radical (unpaired) electrons. The van der Waals surface area contributed by atoms with Crippen LogP contribution in [0.5, 0.6) is 5.95 Å². The van der Waals surface area contributed by atoms with Gasteiger partial charge in [-0.2, -0.15) is 0 Å². The fourth-order valence-electron chi connectivity index (χ4n) is 1.64. The van der Waals surface area contributed by atoms with E-state index >= 15 is 0 Å². The number of hydrogen-bond acceptors (Lipinski definition) is 5. The Morgan fingerprint density at radius 1 is 1.44 bits per heavy atom. The fourth-order valence-corrected chi connectivity index (χ4v) is 1.64. The number of hydrogen-bond donors (Lipinski definition) is 2. The third-order valence-corrected chi connectivity index (χ3v) is 2.43. The number of carboxylic acid groups (broad SMARTS) is 1. The van der Waals surface area contributed by atoms with Gasteiger partial charge in [-0.05, 0) is 12.1 Å². The maximum atomic E-state index is 11.7. The number of anilines is 1. The van der Waals surface area contributed by atoms with Crippen LogP contribution in [0.1, 0.15) is 22.4 Å². The van der Waals surface area contributed by atoms with Crippen LogP contribution in [0, 0.1) is 0 Å². The van der Waals surface area contributed by atoms with Crippen LogP contribution in [0.3, 0.4) is 0 Å². The number of carbonyl (C=O) groups excluding carboxylic acids is 1. The van der Waals surface area contributed by atoms with Crippen molar-refractivity contribution in [2.75, 3.05) is 5.32 Å². The normalized spacial score (nSPS) is 17.8. The van der Waals surface area contributed by atoms with Crippen LogP contribution in [0.15, 0.2) is 33.3 Å². The number of rotatable bonds is 2. The summed E-state index contributed by atoms with van der Waals surface area (Å²) >= 11 is 0. The Kier molecular flexibility index (Phi) is 2.12. The molecule has 18 heavy (non-hydrogen) atoms. The van der Waals surface area contributed by atoms with Gasteiger partial charge in [-0.15, -0.1) is 0 Å². The highest BCUT2D eigenvalue weighted by atomic mass is 16.6. The Labute approximate surface area is 99.9 Å². The second-order valence-electron chi connectivity index (χ2n) is 3.62. The smallest absolute Gasteiger partial charge is 0.372 e. The number of carboxylic acids is 1. The van der Waals surface area contributed by atoms with E-state index in [9.17, 15) is 9.59 Å². The Hall–Kier alpha value is -2.70. The van der Waals surface area contributed by atoms with Gasteiger partial charge in [0.2, 0.25) is 11.9 Å². The Morgan fingerprint density at radius 2 is 2.28 bits per heavy atom. The van der Waals surface area contributed by atoms with Crippen LogP contribution in [0.25, 0.3) is 0 Å². The van der Waals surface area contributed by atoms with Gasteiger partial charge in [0, 0.05) is 6.07 Å². The molecule has 92 valence electrons. The lowest BCUT2D eigenvalue weighted by atomic mass is 10.2. The minimum Gasteiger partial charge on any atom is -0.475 e. The molecule has 3 heterocycles. The molecule has 0 fully saturated rings. The summed E-state index contributed by atoms with van der Waals surface area (Å²) in [4.78, 5) is 22.5. The molecule has 7 heteroatoms. The topological polar surface area (TPSA) is 102 Å². The average molecular weight is 249 g/mol. The molecule has 0 saturated heterocycles. The number of fused-ring (bicyclic) bond motifs is 1.